The Morgan fingerprint density at radius 3 is 2.68 bits per heavy atom. The van der Waals surface area contributed by atoms with E-state index in [-0.39, 0.29) is 11.3 Å². The molecule has 0 aromatic carbocycles. The summed E-state index contributed by atoms with van der Waals surface area (Å²) in [5, 5.41) is 6.93. The van der Waals surface area contributed by atoms with Crippen molar-refractivity contribution in [1.29, 1.82) is 0 Å². The average Bonchev–Trinajstić information content (AvgIpc) is 3.31. The molecule has 0 radical (unpaired) electrons. The maximum atomic E-state index is 12.6. The van der Waals surface area contributed by atoms with Crippen LogP contribution in [0.15, 0.2) is 0 Å². The fourth-order valence-electron chi connectivity index (χ4n) is 5.06. The summed E-state index contributed by atoms with van der Waals surface area (Å²) in [5.41, 5.74) is 0.201. The number of aromatic amines is 1. The number of likely N-dealkylation sites (tertiary alicyclic amines) is 3. The summed E-state index contributed by atoms with van der Waals surface area (Å²) in [4.78, 5) is 35.9. The lowest BCUT2D eigenvalue weighted by Gasteiger charge is -2.49. The molecule has 28 heavy (non-hydrogen) atoms. The molecule has 1 atom stereocenters. The summed E-state index contributed by atoms with van der Waals surface area (Å²) in [6.45, 7) is 6.42. The number of carbonyl (C=O) groups is 2. The number of hydrogen-bond acceptors (Lipinski definition) is 5. The van der Waals surface area contributed by atoms with Crippen LogP contribution >= 0.6 is 0 Å². The van der Waals surface area contributed by atoms with E-state index < -0.39 is 0 Å². The third-order valence-electron chi connectivity index (χ3n) is 6.89. The highest BCUT2D eigenvalue weighted by Crippen LogP contribution is 2.41. The van der Waals surface area contributed by atoms with Crippen LogP contribution in [0.25, 0.3) is 0 Å². The molecule has 8 nitrogen and oxygen atoms in total. The molecule has 0 bridgehead atoms. The molecule has 0 aliphatic carbocycles. The molecule has 0 saturated carbocycles. The molecular weight excluding hydrogens is 356 g/mol. The predicted octanol–water partition coefficient (Wildman–Crippen LogP) is 0.981. The summed E-state index contributed by atoms with van der Waals surface area (Å²) in [6, 6.07) is 0.374. The van der Waals surface area contributed by atoms with E-state index >= 15 is 0 Å². The number of hydrogen-bond donors (Lipinski definition) is 1. The number of nitrogens with zero attached hydrogens (tertiary/aromatic N) is 5. The number of carbonyl (C=O) groups excluding carboxylic acids is 2. The average molecular weight is 389 g/mol. The van der Waals surface area contributed by atoms with Crippen molar-refractivity contribution in [3.8, 4) is 0 Å². The third kappa shape index (κ3) is 4.06. The van der Waals surface area contributed by atoms with Crippen molar-refractivity contribution in [3.63, 3.8) is 0 Å². The third-order valence-corrected chi connectivity index (χ3v) is 6.89. The number of aromatic nitrogens is 3. The van der Waals surface area contributed by atoms with Gasteiger partial charge in [-0.25, -0.2) is 4.98 Å². The smallest absolute Gasteiger partial charge is 0.223 e. The molecule has 154 valence electrons. The molecule has 1 aromatic rings. The second kappa shape index (κ2) is 7.81. The number of rotatable bonds is 4. The first-order valence-electron chi connectivity index (χ1n) is 10.6. The molecule has 1 unspecified atom stereocenters. The quantitative estimate of drug-likeness (QED) is 0.831. The summed E-state index contributed by atoms with van der Waals surface area (Å²) < 4.78 is 0. The zero-order valence-electron chi connectivity index (χ0n) is 17.1. The minimum absolute atomic E-state index is 0.193. The van der Waals surface area contributed by atoms with Crippen molar-refractivity contribution in [3.05, 3.63) is 11.6 Å². The minimum atomic E-state index is 0.193. The summed E-state index contributed by atoms with van der Waals surface area (Å²) in [5.74, 6) is 2.01. The number of likely N-dealkylation sites (N-methyl/N-ethyl adjacent to an activating group) is 1. The molecule has 1 aromatic heterocycles. The SMILES string of the molecule is Cc1nc(CCC(=O)N2CCC3(CCC(=O)N(C4CCN(C)C4)C3)CC2)n[nH]1. The van der Waals surface area contributed by atoms with Gasteiger partial charge in [-0.3, -0.25) is 14.7 Å². The first kappa shape index (κ1) is 19.4. The van der Waals surface area contributed by atoms with E-state index in [9.17, 15) is 9.59 Å². The van der Waals surface area contributed by atoms with Crippen LogP contribution in [0.5, 0.6) is 0 Å². The monoisotopic (exact) mass is 388 g/mol. The van der Waals surface area contributed by atoms with Gasteiger partial charge in [0.15, 0.2) is 5.82 Å². The standard InChI is InChI=1S/C20H32N6O2/c1-15-21-17(23-22-15)3-4-18(27)25-11-8-20(9-12-25)7-5-19(28)26(14-20)16-6-10-24(2)13-16/h16H,3-14H2,1-2H3,(H,21,22,23). The highest BCUT2D eigenvalue weighted by molar-refractivity contribution is 5.78. The lowest BCUT2D eigenvalue weighted by Crippen LogP contribution is -2.55. The fourth-order valence-corrected chi connectivity index (χ4v) is 5.06. The van der Waals surface area contributed by atoms with Gasteiger partial charge in [0.1, 0.15) is 5.82 Å². The van der Waals surface area contributed by atoms with Crippen LogP contribution in [0, 0.1) is 12.3 Å². The van der Waals surface area contributed by atoms with E-state index in [0.29, 0.717) is 37.0 Å². The highest BCUT2D eigenvalue weighted by atomic mass is 16.2. The van der Waals surface area contributed by atoms with Gasteiger partial charge in [0, 0.05) is 51.5 Å². The molecule has 3 fully saturated rings. The number of piperidine rings is 2. The van der Waals surface area contributed by atoms with Crippen LogP contribution in [0.1, 0.15) is 50.2 Å². The topological polar surface area (TPSA) is 85.4 Å². The second-order valence-corrected chi connectivity index (χ2v) is 8.94. The number of aryl methyl sites for hydroxylation is 2. The highest BCUT2D eigenvalue weighted by Gasteiger charge is 2.44. The van der Waals surface area contributed by atoms with Crippen LogP contribution in [-0.2, 0) is 16.0 Å². The van der Waals surface area contributed by atoms with Gasteiger partial charge in [-0.05, 0) is 51.6 Å². The van der Waals surface area contributed by atoms with Gasteiger partial charge in [0.2, 0.25) is 11.8 Å². The summed E-state index contributed by atoms with van der Waals surface area (Å²) in [6.07, 6.45) is 5.78. The first-order chi connectivity index (χ1) is 13.4. The van der Waals surface area contributed by atoms with E-state index in [1.165, 1.54) is 0 Å². The molecule has 3 aliphatic rings. The molecule has 3 aliphatic heterocycles. The lowest BCUT2D eigenvalue weighted by molar-refractivity contribution is -0.144. The molecule has 1 spiro atoms. The number of nitrogens with one attached hydrogen (secondary N) is 1. The maximum Gasteiger partial charge on any atom is 0.223 e. The van der Waals surface area contributed by atoms with Gasteiger partial charge in [-0.15, -0.1) is 0 Å². The summed E-state index contributed by atoms with van der Waals surface area (Å²) >= 11 is 0. The minimum Gasteiger partial charge on any atom is -0.343 e. The van der Waals surface area contributed by atoms with E-state index in [4.69, 9.17) is 0 Å². The Hall–Kier alpha value is -1.96. The van der Waals surface area contributed by atoms with E-state index in [1.807, 2.05) is 11.8 Å². The summed E-state index contributed by atoms with van der Waals surface area (Å²) in [7, 11) is 2.13. The Balaban J connectivity index is 1.30. The van der Waals surface area contributed by atoms with Crippen molar-refractivity contribution in [2.75, 3.05) is 39.8 Å². The Bertz CT molecular complexity index is 724. The van der Waals surface area contributed by atoms with Gasteiger partial charge >= 0.3 is 0 Å². The Kier molecular flexibility index (Phi) is 5.40. The number of H-pyrrole nitrogens is 1. The molecule has 3 saturated heterocycles. The molecule has 4 heterocycles. The normalized spacial score (nSPS) is 25.6. The van der Waals surface area contributed by atoms with E-state index in [2.05, 4.69) is 32.0 Å². The van der Waals surface area contributed by atoms with E-state index in [1.54, 1.807) is 0 Å². The van der Waals surface area contributed by atoms with Crippen LogP contribution in [0.3, 0.4) is 0 Å². The van der Waals surface area contributed by atoms with Gasteiger partial charge in [-0.2, -0.15) is 5.10 Å². The zero-order chi connectivity index (χ0) is 19.7. The van der Waals surface area contributed by atoms with Crippen LogP contribution in [-0.4, -0.2) is 87.5 Å². The van der Waals surface area contributed by atoms with Crippen molar-refractivity contribution in [1.82, 2.24) is 29.9 Å². The van der Waals surface area contributed by atoms with Crippen molar-refractivity contribution >= 4 is 11.8 Å². The molecule has 8 heteroatoms. The molecule has 4 rings (SSSR count). The van der Waals surface area contributed by atoms with Crippen molar-refractivity contribution in [2.45, 2.75) is 57.9 Å². The predicted molar refractivity (Wildman–Crippen MR) is 105 cm³/mol. The van der Waals surface area contributed by atoms with Crippen molar-refractivity contribution in [2.24, 2.45) is 5.41 Å². The molecule has 1 N–H and O–H groups in total. The Labute approximate surface area is 166 Å². The Morgan fingerprint density at radius 1 is 1.25 bits per heavy atom. The van der Waals surface area contributed by atoms with E-state index in [0.717, 1.165) is 64.2 Å². The van der Waals surface area contributed by atoms with Gasteiger partial charge in [0.05, 0.1) is 0 Å². The maximum absolute atomic E-state index is 12.6. The lowest BCUT2D eigenvalue weighted by atomic mass is 9.72. The second-order valence-electron chi connectivity index (χ2n) is 8.94. The van der Waals surface area contributed by atoms with Gasteiger partial charge in [0.25, 0.3) is 0 Å². The van der Waals surface area contributed by atoms with Crippen LogP contribution < -0.4 is 0 Å². The van der Waals surface area contributed by atoms with Gasteiger partial charge < -0.3 is 14.7 Å². The Morgan fingerprint density at radius 2 is 2.04 bits per heavy atom. The molecule has 2 amide bonds. The largest absolute Gasteiger partial charge is 0.343 e. The fraction of sp³-hybridized carbons (Fsp3) is 0.800. The van der Waals surface area contributed by atoms with Crippen LogP contribution in [0.4, 0.5) is 0 Å². The molecular formula is C20H32N6O2. The van der Waals surface area contributed by atoms with Gasteiger partial charge in [-0.1, -0.05) is 0 Å². The zero-order valence-corrected chi connectivity index (χ0v) is 17.1. The number of amides is 2. The van der Waals surface area contributed by atoms with Crippen LogP contribution in [0.2, 0.25) is 0 Å². The van der Waals surface area contributed by atoms with Crippen molar-refractivity contribution < 1.29 is 9.59 Å². The first-order valence-corrected chi connectivity index (χ1v) is 10.6.